The number of nitro benzene ring substituents is 1. The van der Waals surface area contributed by atoms with Crippen molar-refractivity contribution in [2.45, 2.75) is 10.6 Å². The molecule has 2 aromatic rings. The Balaban J connectivity index is 1.91. The van der Waals surface area contributed by atoms with Crippen molar-refractivity contribution in [2.24, 2.45) is 0 Å². The van der Waals surface area contributed by atoms with Gasteiger partial charge < -0.3 is 0 Å². The highest BCUT2D eigenvalue weighted by molar-refractivity contribution is 7.98. The lowest BCUT2D eigenvalue weighted by Gasteiger charge is -2.07. The van der Waals surface area contributed by atoms with Gasteiger partial charge in [-0.3, -0.25) is 10.1 Å². The Morgan fingerprint density at radius 3 is 2.52 bits per heavy atom. The van der Waals surface area contributed by atoms with Crippen LogP contribution < -0.4 is 4.72 Å². The molecule has 0 atom stereocenters. The first kappa shape index (κ1) is 19.3. The van der Waals surface area contributed by atoms with Crippen molar-refractivity contribution in [3.05, 3.63) is 69.8 Å². The summed E-state index contributed by atoms with van der Waals surface area (Å²) in [5, 5.41) is 10.7. The molecule has 2 aromatic carbocycles. The fraction of sp³-hybridized carbons (Fsp3) is 0.200. The van der Waals surface area contributed by atoms with Crippen LogP contribution in [0.3, 0.4) is 0 Å². The lowest BCUT2D eigenvalue weighted by Crippen LogP contribution is -2.26. The molecular formula is C15H14F2N2O4S2. The predicted octanol–water partition coefficient (Wildman–Crippen LogP) is 3.08. The van der Waals surface area contributed by atoms with Crippen LogP contribution in [0.5, 0.6) is 0 Å². The van der Waals surface area contributed by atoms with Crippen LogP contribution in [0.1, 0.15) is 5.56 Å². The summed E-state index contributed by atoms with van der Waals surface area (Å²) < 4.78 is 53.1. The normalized spacial score (nSPS) is 11.4. The fourth-order valence-electron chi connectivity index (χ4n) is 1.93. The number of benzene rings is 2. The minimum Gasteiger partial charge on any atom is -0.258 e. The number of thioether (sulfide) groups is 1. The van der Waals surface area contributed by atoms with Gasteiger partial charge in [0.25, 0.3) is 0 Å². The van der Waals surface area contributed by atoms with Crippen LogP contribution in [-0.2, 0) is 15.8 Å². The molecule has 10 heteroatoms. The number of nitrogens with one attached hydrogen (secondary N) is 1. The van der Waals surface area contributed by atoms with Gasteiger partial charge in [-0.1, -0.05) is 18.2 Å². The van der Waals surface area contributed by atoms with Crippen LogP contribution in [0.25, 0.3) is 0 Å². The topological polar surface area (TPSA) is 89.3 Å². The van der Waals surface area contributed by atoms with Gasteiger partial charge in [0.05, 0.1) is 9.82 Å². The Labute approximate surface area is 147 Å². The van der Waals surface area contributed by atoms with Crippen LogP contribution in [0.2, 0.25) is 0 Å². The second-order valence-electron chi connectivity index (χ2n) is 4.91. The SMILES string of the molecule is O=[N+]([O-])c1cc(S(=O)(=O)NCCSCc2ccccc2F)ccc1F. The maximum absolute atomic E-state index is 13.4. The summed E-state index contributed by atoms with van der Waals surface area (Å²) in [6, 6.07) is 8.65. The zero-order valence-corrected chi connectivity index (χ0v) is 14.4. The van der Waals surface area contributed by atoms with Gasteiger partial charge in [-0.2, -0.15) is 16.2 Å². The average molecular weight is 388 g/mol. The average Bonchev–Trinajstić information content (AvgIpc) is 2.56. The van der Waals surface area contributed by atoms with Crippen molar-refractivity contribution >= 4 is 27.5 Å². The van der Waals surface area contributed by atoms with E-state index in [4.69, 9.17) is 0 Å². The molecule has 0 spiro atoms. The number of nitro groups is 1. The third kappa shape index (κ3) is 5.21. The van der Waals surface area contributed by atoms with Crippen molar-refractivity contribution < 1.29 is 22.1 Å². The minimum atomic E-state index is -3.99. The van der Waals surface area contributed by atoms with Crippen LogP contribution in [0.15, 0.2) is 47.4 Å². The van der Waals surface area contributed by atoms with Crippen molar-refractivity contribution in [1.29, 1.82) is 0 Å². The van der Waals surface area contributed by atoms with Crippen molar-refractivity contribution in [2.75, 3.05) is 12.3 Å². The standard InChI is InChI=1S/C15H14F2N2O4S2/c16-13-4-2-1-3-11(13)10-24-8-7-18-25(22,23)12-5-6-14(17)15(9-12)19(20)21/h1-6,9,18H,7-8,10H2. The molecule has 134 valence electrons. The third-order valence-electron chi connectivity index (χ3n) is 3.18. The molecule has 0 fully saturated rings. The van der Waals surface area contributed by atoms with E-state index in [1.165, 1.54) is 17.8 Å². The van der Waals surface area contributed by atoms with E-state index < -0.39 is 26.5 Å². The summed E-state index contributed by atoms with van der Waals surface area (Å²) in [6.45, 7) is 0.0482. The lowest BCUT2D eigenvalue weighted by molar-refractivity contribution is -0.387. The molecule has 0 amide bonds. The molecule has 0 saturated heterocycles. The fourth-order valence-corrected chi connectivity index (χ4v) is 3.95. The summed E-state index contributed by atoms with van der Waals surface area (Å²) >= 11 is 1.33. The predicted molar refractivity (Wildman–Crippen MR) is 90.8 cm³/mol. The van der Waals surface area contributed by atoms with E-state index in [1.54, 1.807) is 18.2 Å². The zero-order chi connectivity index (χ0) is 18.4. The molecule has 0 unspecified atom stereocenters. The first-order valence-corrected chi connectivity index (χ1v) is 9.70. The Morgan fingerprint density at radius 2 is 1.84 bits per heavy atom. The highest BCUT2D eigenvalue weighted by Gasteiger charge is 2.21. The van der Waals surface area contributed by atoms with E-state index in [9.17, 15) is 27.3 Å². The molecule has 25 heavy (non-hydrogen) atoms. The molecule has 0 aliphatic rings. The molecule has 0 aliphatic heterocycles. The van der Waals surface area contributed by atoms with E-state index in [0.29, 0.717) is 23.1 Å². The smallest absolute Gasteiger partial charge is 0.258 e. The highest BCUT2D eigenvalue weighted by Crippen LogP contribution is 2.21. The first-order chi connectivity index (χ1) is 11.8. The Kier molecular flexibility index (Phi) is 6.45. The van der Waals surface area contributed by atoms with Gasteiger partial charge in [0.1, 0.15) is 5.82 Å². The van der Waals surface area contributed by atoms with Crippen molar-refractivity contribution in [3.63, 3.8) is 0 Å². The van der Waals surface area contributed by atoms with E-state index in [1.807, 2.05) is 0 Å². The molecule has 0 radical (unpaired) electrons. The van der Waals surface area contributed by atoms with Gasteiger partial charge in [0.2, 0.25) is 15.8 Å². The quantitative estimate of drug-likeness (QED) is 0.426. The molecule has 6 nitrogen and oxygen atoms in total. The largest absolute Gasteiger partial charge is 0.306 e. The Hall–Kier alpha value is -2.04. The molecule has 0 bridgehead atoms. The van der Waals surface area contributed by atoms with E-state index in [-0.39, 0.29) is 17.3 Å². The molecule has 0 heterocycles. The monoisotopic (exact) mass is 388 g/mol. The lowest BCUT2D eigenvalue weighted by atomic mass is 10.2. The number of hydrogen-bond acceptors (Lipinski definition) is 5. The maximum atomic E-state index is 13.4. The number of nitrogens with zero attached hydrogens (tertiary/aromatic N) is 1. The van der Waals surface area contributed by atoms with Crippen LogP contribution in [-0.4, -0.2) is 25.6 Å². The number of halogens is 2. The van der Waals surface area contributed by atoms with Crippen molar-refractivity contribution in [3.8, 4) is 0 Å². The molecule has 1 N–H and O–H groups in total. The van der Waals surface area contributed by atoms with Crippen molar-refractivity contribution in [1.82, 2.24) is 4.72 Å². The van der Waals surface area contributed by atoms with E-state index in [2.05, 4.69) is 4.72 Å². The van der Waals surface area contributed by atoms with Crippen LogP contribution >= 0.6 is 11.8 Å². The van der Waals surface area contributed by atoms with Gasteiger partial charge >= 0.3 is 5.69 Å². The second kappa shape index (κ2) is 8.37. The Bertz CT molecular complexity index is 876. The minimum absolute atomic E-state index is 0.0482. The van der Waals surface area contributed by atoms with Crippen LogP contribution in [0.4, 0.5) is 14.5 Å². The van der Waals surface area contributed by atoms with Gasteiger partial charge in [-0.25, -0.2) is 17.5 Å². The van der Waals surface area contributed by atoms with Gasteiger partial charge in [0, 0.05) is 24.1 Å². The summed E-state index contributed by atoms with van der Waals surface area (Å²) in [5.74, 6) is -0.675. The Morgan fingerprint density at radius 1 is 1.12 bits per heavy atom. The number of hydrogen-bond donors (Lipinski definition) is 1. The second-order valence-corrected chi connectivity index (χ2v) is 7.78. The van der Waals surface area contributed by atoms with Gasteiger partial charge in [0.15, 0.2) is 0 Å². The first-order valence-electron chi connectivity index (χ1n) is 7.06. The summed E-state index contributed by atoms with van der Waals surface area (Å²) in [7, 11) is -3.99. The molecule has 2 rings (SSSR count). The molecule has 0 aliphatic carbocycles. The van der Waals surface area contributed by atoms with Gasteiger partial charge in [-0.15, -0.1) is 0 Å². The zero-order valence-electron chi connectivity index (χ0n) is 12.8. The molecular weight excluding hydrogens is 374 g/mol. The third-order valence-corrected chi connectivity index (χ3v) is 5.65. The summed E-state index contributed by atoms with van der Waals surface area (Å²) in [6.07, 6.45) is 0. The van der Waals surface area contributed by atoms with E-state index in [0.717, 1.165) is 12.1 Å². The van der Waals surface area contributed by atoms with E-state index >= 15 is 0 Å². The highest BCUT2D eigenvalue weighted by atomic mass is 32.2. The molecule has 0 aromatic heterocycles. The van der Waals surface area contributed by atoms with Crippen LogP contribution in [0, 0.1) is 21.7 Å². The van der Waals surface area contributed by atoms with Gasteiger partial charge in [-0.05, 0) is 23.8 Å². The number of sulfonamides is 1. The molecule has 0 saturated carbocycles. The summed E-state index contributed by atoms with van der Waals surface area (Å²) in [4.78, 5) is 9.30. The summed E-state index contributed by atoms with van der Waals surface area (Å²) in [5.41, 5.74) is -0.388. The maximum Gasteiger partial charge on any atom is 0.306 e. The number of rotatable bonds is 8.